The van der Waals surface area contributed by atoms with Gasteiger partial charge in [-0.15, -0.1) is 0 Å². The molecule has 0 saturated heterocycles. The van der Waals surface area contributed by atoms with Crippen LogP contribution in [0.4, 0.5) is 0 Å². The van der Waals surface area contributed by atoms with Gasteiger partial charge in [0, 0.05) is 0 Å². The van der Waals surface area contributed by atoms with E-state index < -0.39 is 18.5 Å². The van der Waals surface area contributed by atoms with Gasteiger partial charge in [-0.1, -0.05) is 0 Å². The number of hydrogen-bond donors (Lipinski definition) is 5. The Bertz CT molecular complexity index is 173. The number of carbonyl (C=O) groups excluding carboxylic acids is 2. The maximum absolute atomic E-state index is 10.8. The van der Waals surface area contributed by atoms with Crippen LogP contribution in [-0.2, 0) is 9.59 Å². The molecular weight excluding hydrogens is 178 g/mol. The fourth-order valence-corrected chi connectivity index (χ4v) is 0.576. The summed E-state index contributed by atoms with van der Waals surface area (Å²) in [5, 5.41) is 23.3. The van der Waals surface area contributed by atoms with Gasteiger partial charge in [0.05, 0.1) is 13.4 Å². The molecule has 5 N–H and O–H groups in total. The molecule has 0 rings (SSSR count). The van der Waals surface area contributed by atoms with E-state index in [4.69, 9.17) is 10.2 Å². The quantitative estimate of drug-likeness (QED) is 0.175. The summed E-state index contributed by atoms with van der Waals surface area (Å²) in [6, 6.07) is 0. The van der Waals surface area contributed by atoms with E-state index in [1.54, 1.807) is 0 Å². The van der Waals surface area contributed by atoms with Crippen molar-refractivity contribution in [3.8, 4) is 0 Å². The minimum Gasteiger partial charge on any atom is -0.381 e. The summed E-state index contributed by atoms with van der Waals surface area (Å²) < 4.78 is 0. The van der Waals surface area contributed by atoms with Crippen molar-refractivity contribution in [2.24, 2.45) is 0 Å². The minimum atomic E-state index is -0.552. The van der Waals surface area contributed by atoms with Crippen molar-refractivity contribution in [2.45, 2.75) is 6.42 Å². The Hall–Kier alpha value is -1.18. The SMILES string of the molecule is O=C(CC(=O)NCNCO)NCO. The third kappa shape index (κ3) is 7.19. The molecule has 0 aliphatic heterocycles. The van der Waals surface area contributed by atoms with Crippen molar-refractivity contribution in [1.82, 2.24) is 16.0 Å². The summed E-state index contributed by atoms with van der Waals surface area (Å²) in [6.45, 7) is -0.633. The first kappa shape index (κ1) is 11.8. The molecule has 7 heteroatoms. The second-order valence-corrected chi connectivity index (χ2v) is 2.12. The summed E-state index contributed by atoms with van der Waals surface area (Å²) >= 11 is 0. The molecule has 0 aliphatic rings. The molecule has 0 aliphatic carbocycles. The van der Waals surface area contributed by atoms with Gasteiger partial charge in [-0.3, -0.25) is 14.9 Å². The third-order valence-corrected chi connectivity index (χ3v) is 1.12. The number of carbonyl (C=O) groups is 2. The summed E-state index contributed by atoms with van der Waals surface area (Å²) in [5.74, 6) is -1.03. The van der Waals surface area contributed by atoms with Crippen molar-refractivity contribution in [2.75, 3.05) is 20.1 Å². The average molecular weight is 191 g/mol. The van der Waals surface area contributed by atoms with Gasteiger partial charge >= 0.3 is 0 Å². The Morgan fingerprint density at radius 1 is 1.00 bits per heavy atom. The van der Waals surface area contributed by atoms with E-state index in [-0.39, 0.29) is 19.8 Å². The molecule has 7 nitrogen and oxygen atoms in total. The molecule has 13 heavy (non-hydrogen) atoms. The lowest BCUT2D eigenvalue weighted by atomic mass is 10.4. The topological polar surface area (TPSA) is 111 Å². The predicted molar refractivity (Wildman–Crippen MR) is 43.1 cm³/mol. The molecule has 0 saturated carbocycles. The molecule has 0 unspecified atom stereocenters. The zero-order valence-corrected chi connectivity index (χ0v) is 7.04. The highest BCUT2D eigenvalue weighted by atomic mass is 16.3. The maximum Gasteiger partial charge on any atom is 0.231 e. The van der Waals surface area contributed by atoms with E-state index in [2.05, 4.69) is 16.0 Å². The zero-order valence-electron chi connectivity index (χ0n) is 7.04. The molecule has 2 amide bonds. The fraction of sp³-hybridized carbons (Fsp3) is 0.667. The number of aliphatic hydroxyl groups is 2. The molecular formula is C6H13N3O4. The highest BCUT2D eigenvalue weighted by molar-refractivity contribution is 5.96. The Balaban J connectivity index is 3.44. The first-order valence-electron chi connectivity index (χ1n) is 3.66. The molecule has 0 aromatic carbocycles. The first-order chi connectivity index (χ1) is 6.20. The van der Waals surface area contributed by atoms with E-state index in [9.17, 15) is 9.59 Å². The Morgan fingerprint density at radius 3 is 2.15 bits per heavy atom. The first-order valence-corrected chi connectivity index (χ1v) is 3.66. The fourth-order valence-electron chi connectivity index (χ4n) is 0.576. The molecule has 0 atom stereocenters. The van der Waals surface area contributed by atoms with Crippen molar-refractivity contribution in [3.05, 3.63) is 0 Å². The van der Waals surface area contributed by atoms with Gasteiger partial charge in [-0.05, 0) is 0 Å². The average Bonchev–Trinajstić information content (AvgIpc) is 2.05. The molecule has 0 aromatic heterocycles. The standard InChI is InChI=1S/C6H13N3O4/c10-3-7-2-8-5(12)1-6(13)9-4-11/h7,10-11H,1-4H2,(H,8,12)(H,9,13). The predicted octanol–water partition coefficient (Wildman–Crippen LogP) is -2.94. The van der Waals surface area contributed by atoms with Crippen molar-refractivity contribution in [3.63, 3.8) is 0 Å². The van der Waals surface area contributed by atoms with Gasteiger partial charge in [0.15, 0.2) is 0 Å². The van der Waals surface area contributed by atoms with Gasteiger partial charge in [0.2, 0.25) is 11.8 Å². The summed E-state index contributed by atoms with van der Waals surface area (Å²) in [7, 11) is 0. The number of rotatable bonds is 6. The largest absolute Gasteiger partial charge is 0.381 e. The van der Waals surface area contributed by atoms with Crippen LogP contribution in [0.15, 0.2) is 0 Å². The van der Waals surface area contributed by atoms with Crippen LogP contribution >= 0.6 is 0 Å². The van der Waals surface area contributed by atoms with Crippen LogP contribution in [0.25, 0.3) is 0 Å². The van der Waals surface area contributed by atoms with Gasteiger partial charge in [0.1, 0.15) is 13.2 Å². The minimum absolute atomic E-state index is 0.0989. The van der Waals surface area contributed by atoms with E-state index in [0.29, 0.717) is 0 Å². The number of aliphatic hydroxyl groups excluding tert-OH is 2. The molecule has 76 valence electrons. The summed E-state index contributed by atoms with van der Waals surface area (Å²) in [6.07, 6.45) is -0.340. The number of amides is 2. The van der Waals surface area contributed by atoms with Crippen LogP contribution in [-0.4, -0.2) is 42.2 Å². The van der Waals surface area contributed by atoms with Crippen LogP contribution in [0.1, 0.15) is 6.42 Å². The Morgan fingerprint density at radius 2 is 1.62 bits per heavy atom. The second-order valence-electron chi connectivity index (χ2n) is 2.12. The Kier molecular flexibility index (Phi) is 6.79. The molecule has 0 radical (unpaired) electrons. The number of hydrogen-bond acceptors (Lipinski definition) is 5. The van der Waals surface area contributed by atoms with Crippen LogP contribution in [0.3, 0.4) is 0 Å². The van der Waals surface area contributed by atoms with E-state index in [0.717, 1.165) is 0 Å². The normalized spacial score (nSPS) is 9.38. The van der Waals surface area contributed by atoms with E-state index in [1.807, 2.05) is 0 Å². The molecule has 0 aromatic rings. The zero-order chi connectivity index (χ0) is 10.1. The van der Waals surface area contributed by atoms with Gasteiger partial charge in [-0.2, -0.15) is 0 Å². The summed E-state index contributed by atoms with van der Waals surface area (Å²) in [4.78, 5) is 21.5. The lowest BCUT2D eigenvalue weighted by Gasteiger charge is -2.04. The van der Waals surface area contributed by atoms with Gasteiger partial charge in [0.25, 0.3) is 0 Å². The van der Waals surface area contributed by atoms with Crippen molar-refractivity contribution in [1.29, 1.82) is 0 Å². The monoisotopic (exact) mass is 191 g/mol. The van der Waals surface area contributed by atoms with Crippen molar-refractivity contribution >= 4 is 11.8 Å². The van der Waals surface area contributed by atoms with Gasteiger partial charge < -0.3 is 20.8 Å². The van der Waals surface area contributed by atoms with Crippen LogP contribution in [0.2, 0.25) is 0 Å². The maximum atomic E-state index is 10.8. The van der Waals surface area contributed by atoms with Crippen LogP contribution < -0.4 is 16.0 Å². The molecule has 0 fully saturated rings. The summed E-state index contributed by atoms with van der Waals surface area (Å²) in [5.41, 5.74) is 0. The lowest BCUT2D eigenvalue weighted by molar-refractivity contribution is -0.129. The second kappa shape index (κ2) is 7.47. The third-order valence-electron chi connectivity index (χ3n) is 1.12. The smallest absolute Gasteiger partial charge is 0.231 e. The van der Waals surface area contributed by atoms with Crippen molar-refractivity contribution < 1.29 is 19.8 Å². The Labute approximate surface area is 75.1 Å². The van der Waals surface area contributed by atoms with E-state index in [1.165, 1.54) is 0 Å². The molecule has 0 spiro atoms. The lowest BCUT2D eigenvalue weighted by Crippen LogP contribution is -2.37. The highest BCUT2D eigenvalue weighted by Crippen LogP contribution is 1.78. The molecule has 0 bridgehead atoms. The van der Waals surface area contributed by atoms with Gasteiger partial charge in [-0.25, -0.2) is 0 Å². The van der Waals surface area contributed by atoms with Crippen LogP contribution in [0.5, 0.6) is 0 Å². The number of nitrogens with one attached hydrogen (secondary N) is 3. The highest BCUT2D eigenvalue weighted by Gasteiger charge is 2.06. The van der Waals surface area contributed by atoms with E-state index >= 15 is 0 Å². The molecule has 0 heterocycles. The van der Waals surface area contributed by atoms with Crippen LogP contribution in [0, 0.1) is 0 Å².